The molecule has 4 heteroatoms. The van der Waals surface area contributed by atoms with E-state index >= 15 is 0 Å². The lowest BCUT2D eigenvalue weighted by atomic mass is 10.1. The van der Waals surface area contributed by atoms with E-state index in [4.69, 9.17) is 4.84 Å². The van der Waals surface area contributed by atoms with Crippen molar-refractivity contribution in [2.45, 2.75) is 19.8 Å². The molecule has 0 radical (unpaired) electrons. The average Bonchev–Trinajstić information content (AvgIpc) is 3.11. The van der Waals surface area contributed by atoms with E-state index in [2.05, 4.69) is 29.4 Å². The summed E-state index contributed by atoms with van der Waals surface area (Å²) in [5.41, 5.74) is 5.08. The predicted molar refractivity (Wildman–Crippen MR) is 94.7 cm³/mol. The van der Waals surface area contributed by atoms with E-state index in [1.54, 1.807) is 0 Å². The summed E-state index contributed by atoms with van der Waals surface area (Å²) in [6.45, 7) is 4.92. The molecular formula is C20H24N2O2. The number of hydrogen-bond donors (Lipinski definition) is 1. The Kier molecular flexibility index (Phi) is 5.49. The summed E-state index contributed by atoms with van der Waals surface area (Å²) in [4.78, 5) is 19.8. The number of benzene rings is 2. The van der Waals surface area contributed by atoms with Crippen LogP contribution in [0.2, 0.25) is 0 Å². The first-order chi connectivity index (χ1) is 11.7. The fraction of sp³-hybridized carbons (Fsp3) is 0.350. The number of carbonyl (C=O) groups excluding carboxylic acids is 1. The largest absolute Gasteiger partial charge is 0.380 e. The Hall–Kier alpha value is -2.33. The molecular weight excluding hydrogens is 300 g/mol. The summed E-state index contributed by atoms with van der Waals surface area (Å²) in [5.74, 6) is 0.659. The summed E-state index contributed by atoms with van der Waals surface area (Å²) >= 11 is 0. The van der Waals surface area contributed by atoms with Gasteiger partial charge in [-0.15, -0.1) is 0 Å². The molecule has 1 fully saturated rings. The van der Waals surface area contributed by atoms with E-state index in [9.17, 15) is 4.79 Å². The van der Waals surface area contributed by atoms with Crippen LogP contribution < -0.4 is 10.3 Å². The number of amides is 1. The summed E-state index contributed by atoms with van der Waals surface area (Å²) in [6.07, 6.45) is 1.79. The van der Waals surface area contributed by atoms with Crippen molar-refractivity contribution in [3.05, 3.63) is 65.7 Å². The first-order valence-electron chi connectivity index (χ1n) is 8.56. The van der Waals surface area contributed by atoms with Gasteiger partial charge < -0.3 is 9.74 Å². The van der Waals surface area contributed by atoms with Crippen LogP contribution in [0.15, 0.2) is 54.6 Å². The molecule has 24 heavy (non-hydrogen) atoms. The zero-order chi connectivity index (χ0) is 16.8. The maximum atomic E-state index is 12.1. The van der Waals surface area contributed by atoms with E-state index in [1.165, 1.54) is 11.1 Å². The number of likely N-dealkylation sites (tertiary alicyclic amines) is 1. The smallest absolute Gasteiger partial charge is 0.257 e. The third-order valence-electron chi connectivity index (χ3n) is 4.53. The van der Waals surface area contributed by atoms with Crippen molar-refractivity contribution in [3.63, 3.8) is 0 Å². The molecule has 1 N–H and O–H groups in total. The fourth-order valence-corrected chi connectivity index (χ4v) is 3.03. The van der Waals surface area contributed by atoms with Gasteiger partial charge in [0.15, 0.2) is 5.75 Å². The van der Waals surface area contributed by atoms with Gasteiger partial charge in [0, 0.05) is 6.54 Å². The number of rotatable bonds is 6. The SMILES string of the molecule is CCN1CCC(C(=O)NOc2ccc(Cc3ccccc3)cc2)C1. The highest BCUT2D eigenvalue weighted by molar-refractivity contribution is 5.78. The van der Waals surface area contributed by atoms with Crippen molar-refractivity contribution in [2.24, 2.45) is 5.92 Å². The highest BCUT2D eigenvalue weighted by Crippen LogP contribution is 2.17. The summed E-state index contributed by atoms with van der Waals surface area (Å²) < 4.78 is 0. The van der Waals surface area contributed by atoms with Crippen molar-refractivity contribution >= 4 is 5.91 Å². The molecule has 0 aliphatic carbocycles. The first kappa shape index (κ1) is 16.5. The van der Waals surface area contributed by atoms with Crippen molar-refractivity contribution in [1.29, 1.82) is 0 Å². The minimum Gasteiger partial charge on any atom is -0.380 e. The standard InChI is InChI=1S/C20H24N2O2/c1-2-22-13-12-18(15-22)20(23)21-24-19-10-8-17(9-11-19)14-16-6-4-3-5-7-16/h3-11,18H,2,12-15H2,1H3,(H,21,23). The number of hydrogen-bond acceptors (Lipinski definition) is 3. The highest BCUT2D eigenvalue weighted by Gasteiger charge is 2.27. The van der Waals surface area contributed by atoms with Crippen LogP contribution in [0, 0.1) is 5.92 Å². The van der Waals surface area contributed by atoms with Gasteiger partial charge in [-0.25, -0.2) is 0 Å². The van der Waals surface area contributed by atoms with Crippen molar-refractivity contribution in [3.8, 4) is 5.75 Å². The van der Waals surface area contributed by atoms with E-state index in [1.807, 2.05) is 42.5 Å². The second kappa shape index (κ2) is 7.97. The minimum absolute atomic E-state index is 0.0284. The van der Waals surface area contributed by atoms with Crippen LogP contribution in [-0.4, -0.2) is 30.4 Å². The van der Waals surface area contributed by atoms with Crippen LogP contribution in [0.25, 0.3) is 0 Å². The third-order valence-corrected chi connectivity index (χ3v) is 4.53. The molecule has 1 heterocycles. The Morgan fingerprint density at radius 2 is 1.83 bits per heavy atom. The van der Waals surface area contributed by atoms with Crippen LogP contribution in [0.5, 0.6) is 5.75 Å². The van der Waals surface area contributed by atoms with Gasteiger partial charge in [0.25, 0.3) is 5.91 Å². The van der Waals surface area contributed by atoms with Gasteiger partial charge in [-0.2, -0.15) is 5.48 Å². The van der Waals surface area contributed by atoms with Gasteiger partial charge in [-0.1, -0.05) is 49.4 Å². The molecule has 1 saturated heterocycles. The molecule has 1 atom stereocenters. The van der Waals surface area contributed by atoms with E-state index in [0.717, 1.165) is 32.5 Å². The normalized spacial score (nSPS) is 17.6. The number of nitrogens with zero attached hydrogens (tertiary/aromatic N) is 1. The maximum absolute atomic E-state index is 12.1. The van der Waals surface area contributed by atoms with Gasteiger partial charge in [0.2, 0.25) is 0 Å². The third kappa shape index (κ3) is 4.36. The van der Waals surface area contributed by atoms with Crippen LogP contribution in [0.1, 0.15) is 24.5 Å². The molecule has 2 aromatic rings. The molecule has 0 spiro atoms. The van der Waals surface area contributed by atoms with E-state index in [0.29, 0.717) is 5.75 Å². The minimum atomic E-state index is -0.0284. The second-order valence-electron chi connectivity index (χ2n) is 6.25. The van der Waals surface area contributed by atoms with E-state index < -0.39 is 0 Å². The summed E-state index contributed by atoms with van der Waals surface area (Å²) in [6, 6.07) is 18.2. The van der Waals surface area contributed by atoms with Crippen molar-refractivity contribution < 1.29 is 9.63 Å². The van der Waals surface area contributed by atoms with Crippen molar-refractivity contribution in [1.82, 2.24) is 10.4 Å². The Morgan fingerprint density at radius 1 is 1.12 bits per heavy atom. The molecule has 0 bridgehead atoms. The lowest BCUT2D eigenvalue weighted by molar-refractivity contribution is -0.131. The van der Waals surface area contributed by atoms with Crippen LogP contribution >= 0.6 is 0 Å². The predicted octanol–water partition coefficient (Wildman–Crippen LogP) is 3.03. The number of nitrogens with one attached hydrogen (secondary N) is 1. The Balaban J connectivity index is 1.48. The molecule has 2 aromatic carbocycles. The molecule has 0 aromatic heterocycles. The van der Waals surface area contributed by atoms with Crippen LogP contribution in [0.3, 0.4) is 0 Å². The molecule has 1 amide bonds. The zero-order valence-corrected chi connectivity index (χ0v) is 14.1. The fourth-order valence-electron chi connectivity index (χ4n) is 3.03. The molecule has 1 aliphatic heterocycles. The first-order valence-corrected chi connectivity index (χ1v) is 8.56. The van der Waals surface area contributed by atoms with Gasteiger partial charge in [0.05, 0.1) is 5.92 Å². The zero-order valence-electron chi connectivity index (χ0n) is 14.1. The Labute approximate surface area is 143 Å². The van der Waals surface area contributed by atoms with Gasteiger partial charge >= 0.3 is 0 Å². The highest BCUT2D eigenvalue weighted by atomic mass is 16.7. The lowest BCUT2D eigenvalue weighted by Crippen LogP contribution is -2.34. The number of carbonyl (C=O) groups is 1. The monoisotopic (exact) mass is 324 g/mol. The quantitative estimate of drug-likeness (QED) is 0.831. The van der Waals surface area contributed by atoms with E-state index in [-0.39, 0.29) is 11.8 Å². The summed E-state index contributed by atoms with van der Waals surface area (Å²) in [7, 11) is 0. The van der Waals surface area contributed by atoms with Crippen molar-refractivity contribution in [2.75, 3.05) is 19.6 Å². The number of hydroxylamine groups is 1. The topological polar surface area (TPSA) is 41.6 Å². The molecule has 0 saturated carbocycles. The molecule has 3 rings (SSSR count). The van der Waals surface area contributed by atoms with Crippen LogP contribution in [-0.2, 0) is 11.2 Å². The lowest BCUT2D eigenvalue weighted by Gasteiger charge is -2.13. The average molecular weight is 324 g/mol. The molecule has 1 aliphatic rings. The van der Waals surface area contributed by atoms with Gasteiger partial charge in [-0.3, -0.25) is 4.79 Å². The van der Waals surface area contributed by atoms with Gasteiger partial charge in [-0.05, 0) is 49.2 Å². The maximum Gasteiger partial charge on any atom is 0.257 e. The second-order valence-corrected chi connectivity index (χ2v) is 6.25. The summed E-state index contributed by atoms with van der Waals surface area (Å²) in [5, 5.41) is 0. The molecule has 4 nitrogen and oxygen atoms in total. The molecule has 1 unspecified atom stereocenters. The Bertz CT molecular complexity index is 655. The molecule has 126 valence electrons. The van der Waals surface area contributed by atoms with Crippen LogP contribution in [0.4, 0.5) is 0 Å². The Morgan fingerprint density at radius 3 is 2.50 bits per heavy atom. The van der Waals surface area contributed by atoms with Gasteiger partial charge in [0.1, 0.15) is 0 Å².